The van der Waals surface area contributed by atoms with E-state index in [0.29, 0.717) is 32.8 Å². The topological polar surface area (TPSA) is 73.0 Å². The molecular weight excluding hydrogens is 471 g/mol. The highest BCUT2D eigenvalue weighted by molar-refractivity contribution is 6.36. The van der Waals surface area contributed by atoms with Crippen molar-refractivity contribution in [3.05, 3.63) is 92.5 Å². The molecule has 0 bridgehead atoms. The summed E-state index contributed by atoms with van der Waals surface area (Å²) in [5.41, 5.74) is 5.53. The van der Waals surface area contributed by atoms with Gasteiger partial charge in [-0.25, -0.2) is 0 Å². The van der Waals surface area contributed by atoms with Crippen LogP contribution in [0.3, 0.4) is 0 Å². The highest BCUT2D eigenvalue weighted by Gasteiger charge is 2.14. The number of fused-ring (bicyclic) bond motifs is 1. The average molecular weight is 491 g/mol. The van der Waals surface area contributed by atoms with E-state index in [1.165, 1.54) is 0 Å². The van der Waals surface area contributed by atoms with Gasteiger partial charge in [0.2, 0.25) is 0 Å². The lowest BCUT2D eigenvalue weighted by Gasteiger charge is -2.13. The molecule has 0 spiro atoms. The Hall–Kier alpha value is -3.61. The minimum Gasteiger partial charge on any atom is -0.354 e. The monoisotopic (exact) mass is 490 g/mol. The van der Waals surface area contributed by atoms with E-state index >= 15 is 0 Å². The summed E-state index contributed by atoms with van der Waals surface area (Å²) in [7, 11) is 1.78. The third kappa shape index (κ3) is 4.06. The minimum atomic E-state index is -0.0700. The molecule has 0 saturated heterocycles. The van der Waals surface area contributed by atoms with Gasteiger partial charge < -0.3 is 14.4 Å². The second kappa shape index (κ2) is 8.63. The third-order valence-corrected chi connectivity index (χ3v) is 6.30. The molecule has 34 heavy (non-hydrogen) atoms. The summed E-state index contributed by atoms with van der Waals surface area (Å²) in [4.78, 5) is 17.6. The van der Waals surface area contributed by atoms with Gasteiger partial charge in [-0.3, -0.25) is 9.78 Å². The van der Waals surface area contributed by atoms with Crippen LogP contribution in [0.4, 0.5) is 11.5 Å². The van der Waals surface area contributed by atoms with Crippen LogP contribution in [0.5, 0.6) is 0 Å². The van der Waals surface area contributed by atoms with Crippen molar-refractivity contribution < 1.29 is 4.52 Å². The summed E-state index contributed by atoms with van der Waals surface area (Å²) in [6.45, 7) is 3.89. The molecule has 5 aromatic rings. The van der Waals surface area contributed by atoms with Crippen molar-refractivity contribution in [3.63, 3.8) is 0 Å². The van der Waals surface area contributed by atoms with E-state index in [9.17, 15) is 4.79 Å². The number of benzene rings is 2. The maximum Gasteiger partial charge on any atom is 0.258 e. The third-order valence-electron chi connectivity index (χ3n) is 5.75. The van der Waals surface area contributed by atoms with E-state index in [2.05, 4.69) is 15.5 Å². The van der Waals surface area contributed by atoms with Crippen LogP contribution in [0.1, 0.15) is 11.3 Å². The van der Waals surface area contributed by atoms with Crippen LogP contribution >= 0.6 is 23.2 Å². The Morgan fingerprint density at radius 1 is 0.941 bits per heavy atom. The maximum atomic E-state index is 13.2. The van der Waals surface area contributed by atoms with Gasteiger partial charge in [0.15, 0.2) is 11.6 Å². The van der Waals surface area contributed by atoms with E-state index in [0.717, 1.165) is 33.4 Å². The van der Waals surface area contributed by atoms with E-state index in [-0.39, 0.29) is 5.56 Å². The molecule has 0 aliphatic rings. The SMILES string of the molecule is Cc1cc2c(cn1)cc(-c1cc(Nc3cc(-c4ccc(Cl)cc4Cl)on3)ccc1C)c(=O)n2C. The summed E-state index contributed by atoms with van der Waals surface area (Å²) >= 11 is 12.3. The Kier molecular flexibility index (Phi) is 5.63. The van der Waals surface area contributed by atoms with Crippen LogP contribution in [0.25, 0.3) is 33.4 Å². The molecule has 3 heterocycles. The molecule has 1 N–H and O–H groups in total. The van der Waals surface area contributed by atoms with Crippen molar-refractivity contribution in [2.75, 3.05) is 5.32 Å². The predicted molar refractivity (Wildman–Crippen MR) is 137 cm³/mol. The first-order chi connectivity index (χ1) is 16.3. The second-order valence-corrected chi connectivity index (χ2v) is 9.01. The summed E-state index contributed by atoms with van der Waals surface area (Å²) in [6, 6.07) is 16.6. The molecule has 8 heteroatoms. The normalized spacial score (nSPS) is 11.2. The first-order valence-electron chi connectivity index (χ1n) is 10.6. The Morgan fingerprint density at radius 2 is 1.76 bits per heavy atom. The number of hydrogen-bond acceptors (Lipinski definition) is 5. The first kappa shape index (κ1) is 22.2. The van der Waals surface area contributed by atoms with Crippen molar-refractivity contribution in [3.8, 4) is 22.5 Å². The van der Waals surface area contributed by atoms with E-state index in [4.69, 9.17) is 27.7 Å². The van der Waals surface area contributed by atoms with Gasteiger partial charge in [0, 0.05) is 52.2 Å². The zero-order valence-electron chi connectivity index (χ0n) is 18.7. The molecule has 3 aromatic heterocycles. The van der Waals surface area contributed by atoms with E-state index < -0.39 is 0 Å². The van der Waals surface area contributed by atoms with Crippen LogP contribution in [0.2, 0.25) is 10.0 Å². The van der Waals surface area contributed by atoms with Gasteiger partial charge >= 0.3 is 0 Å². The van der Waals surface area contributed by atoms with Gasteiger partial charge in [-0.05, 0) is 67.4 Å². The Labute approximate surface area is 205 Å². The fraction of sp³-hybridized carbons (Fsp3) is 0.115. The molecular formula is C26H20Cl2N4O2. The molecule has 0 saturated carbocycles. The number of aromatic nitrogens is 3. The molecule has 0 unspecified atom stereocenters. The lowest BCUT2D eigenvalue weighted by molar-refractivity contribution is 0.435. The fourth-order valence-corrected chi connectivity index (χ4v) is 4.45. The summed E-state index contributed by atoms with van der Waals surface area (Å²) in [5, 5.41) is 9.28. The zero-order chi connectivity index (χ0) is 24.0. The Morgan fingerprint density at radius 3 is 2.56 bits per heavy atom. The second-order valence-electron chi connectivity index (χ2n) is 8.16. The van der Waals surface area contributed by atoms with Gasteiger partial charge in [0.1, 0.15) is 0 Å². The molecule has 0 aliphatic carbocycles. The van der Waals surface area contributed by atoms with Gasteiger partial charge in [-0.2, -0.15) is 0 Å². The molecule has 2 aromatic carbocycles. The lowest BCUT2D eigenvalue weighted by atomic mass is 9.99. The standard InChI is InChI=1S/C26H20Cl2N4O2/c1-14-4-6-18(30-25-12-24(34-31-25)19-7-5-17(27)10-22(19)28)11-20(14)21-9-16-13-29-15(2)8-23(16)32(3)26(21)33/h4-13H,1-3H3,(H,30,31). The molecule has 0 aliphatic heterocycles. The van der Waals surface area contributed by atoms with E-state index in [1.54, 1.807) is 42.1 Å². The smallest absolute Gasteiger partial charge is 0.258 e. The molecule has 0 amide bonds. The molecule has 0 fully saturated rings. The number of nitrogens with zero attached hydrogens (tertiary/aromatic N) is 3. The summed E-state index contributed by atoms with van der Waals surface area (Å²) < 4.78 is 7.14. The fourth-order valence-electron chi connectivity index (χ4n) is 3.95. The summed E-state index contributed by atoms with van der Waals surface area (Å²) in [5.74, 6) is 1.03. The zero-order valence-corrected chi connectivity index (χ0v) is 20.2. The van der Waals surface area contributed by atoms with Crippen molar-refractivity contribution in [1.82, 2.24) is 14.7 Å². The van der Waals surface area contributed by atoms with Crippen LogP contribution in [-0.2, 0) is 7.05 Å². The van der Waals surface area contributed by atoms with Gasteiger partial charge in [0.05, 0.1) is 10.5 Å². The number of pyridine rings is 2. The molecule has 5 rings (SSSR count). The van der Waals surface area contributed by atoms with Crippen molar-refractivity contribution >= 4 is 45.6 Å². The van der Waals surface area contributed by atoms with Gasteiger partial charge in [0.25, 0.3) is 5.56 Å². The number of nitrogens with one attached hydrogen (secondary N) is 1. The highest BCUT2D eigenvalue weighted by atomic mass is 35.5. The highest BCUT2D eigenvalue weighted by Crippen LogP contribution is 2.33. The molecule has 6 nitrogen and oxygen atoms in total. The Balaban J connectivity index is 1.51. The maximum absolute atomic E-state index is 13.2. The Bertz CT molecular complexity index is 1620. The van der Waals surface area contributed by atoms with Crippen LogP contribution in [-0.4, -0.2) is 14.7 Å². The van der Waals surface area contributed by atoms with Gasteiger partial charge in [-0.15, -0.1) is 0 Å². The number of halogens is 2. The first-order valence-corrected chi connectivity index (χ1v) is 11.3. The molecule has 0 radical (unpaired) electrons. The molecule has 0 atom stereocenters. The number of anilines is 2. The number of aryl methyl sites for hydroxylation is 3. The lowest BCUT2D eigenvalue weighted by Crippen LogP contribution is -2.19. The average Bonchev–Trinajstić information content (AvgIpc) is 3.26. The summed E-state index contributed by atoms with van der Waals surface area (Å²) in [6.07, 6.45) is 1.80. The number of rotatable bonds is 4. The van der Waals surface area contributed by atoms with Gasteiger partial charge in [-0.1, -0.05) is 34.4 Å². The van der Waals surface area contributed by atoms with E-state index in [1.807, 2.05) is 44.2 Å². The molecule has 170 valence electrons. The van der Waals surface area contributed by atoms with Crippen LogP contribution < -0.4 is 10.9 Å². The minimum absolute atomic E-state index is 0.0700. The number of hydrogen-bond donors (Lipinski definition) is 1. The largest absolute Gasteiger partial charge is 0.354 e. The predicted octanol–water partition coefficient (Wildman–Crippen LogP) is 6.92. The quantitative estimate of drug-likeness (QED) is 0.295. The van der Waals surface area contributed by atoms with Crippen molar-refractivity contribution in [2.24, 2.45) is 7.05 Å². The van der Waals surface area contributed by atoms with Crippen molar-refractivity contribution in [2.45, 2.75) is 13.8 Å². The van der Waals surface area contributed by atoms with Crippen molar-refractivity contribution in [1.29, 1.82) is 0 Å². The van der Waals surface area contributed by atoms with Crippen LogP contribution in [0.15, 0.2) is 70.1 Å². The van der Waals surface area contributed by atoms with Crippen LogP contribution in [0, 0.1) is 13.8 Å².